The second-order valence-electron chi connectivity index (χ2n) is 9.65. The van der Waals surface area contributed by atoms with Crippen molar-refractivity contribution in [3.05, 3.63) is 42.0 Å². The first-order valence-electron chi connectivity index (χ1n) is 10.7. The number of esters is 1. The highest BCUT2D eigenvalue weighted by Gasteiger charge is 2.67. The third kappa shape index (κ3) is 2.77. The summed E-state index contributed by atoms with van der Waals surface area (Å²) in [5.74, 6) is 0.381. The van der Waals surface area contributed by atoms with Gasteiger partial charge in [-0.2, -0.15) is 0 Å². The molecule has 152 valence electrons. The average molecular weight is 393 g/mol. The second-order valence-corrected chi connectivity index (χ2v) is 9.65. The number of likely N-dealkylation sites (tertiary alicyclic amines) is 1. The zero-order chi connectivity index (χ0) is 20.5. The van der Waals surface area contributed by atoms with Gasteiger partial charge in [-0.05, 0) is 59.6 Å². The summed E-state index contributed by atoms with van der Waals surface area (Å²) in [5, 5.41) is 0. The molecular weight excluding hydrogens is 366 g/mol. The molecule has 1 aromatic carbocycles. The van der Waals surface area contributed by atoms with Gasteiger partial charge in [0.25, 0.3) is 0 Å². The molecule has 1 aromatic rings. The number of imide groups is 1. The van der Waals surface area contributed by atoms with Crippen LogP contribution in [0.15, 0.2) is 36.4 Å². The zero-order valence-corrected chi connectivity index (χ0v) is 17.1. The van der Waals surface area contributed by atoms with Gasteiger partial charge in [0.2, 0.25) is 11.8 Å². The minimum Gasteiger partial charge on any atom is -0.425 e. The van der Waals surface area contributed by atoms with Crippen molar-refractivity contribution in [3.63, 3.8) is 0 Å². The molecule has 6 atom stereocenters. The third-order valence-corrected chi connectivity index (χ3v) is 7.79. The van der Waals surface area contributed by atoms with E-state index in [0.29, 0.717) is 17.6 Å². The van der Waals surface area contributed by atoms with E-state index in [1.807, 2.05) is 12.1 Å². The van der Waals surface area contributed by atoms with E-state index in [4.69, 9.17) is 4.74 Å². The monoisotopic (exact) mass is 393 g/mol. The molecule has 1 heterocycles. The van der Waals surface area contributed by atoms with E-state index in [-0.39, 0.29) is 47.4 Å². The number of hydrogen-bond acceptors (Lipinski definition) is 4. The maximum atomic E-state index is 12.9. The lowest BCUT2D eigenvalue weighted by Crippen LogP contribution is -2.40. The summed E-state index contributed by atoms with van der Waals surface area (Å²) < 4.78 is 5.43. The molecule has 29 heavy (non-hydrogen) atoms. The number of hydrogen-bond donors (Lipinski definition) is 0. The molecule has 0 radical (unpaired) electrons. The number of carbonyl (C=O) groups excluding carboxylic acids is 3. The Labute approximate surface area is 171 Å². The Morgan fingerprint density at radius 2 is 1.59 bits per heavy atom. The number of carbonyl (C=O) groups is 3. The first-order chi connectivity index (χ1) is 13.8. The van der Waals surface area contributed by atoms with Crippen molar-refractivity contribution in [2.75, 3.05) is 6.54 Å². The summed E-state index contributed by atoms with van der Waals surface area (Å²) in [6.45, 7) is 6.18. The summed E-state index contributed by atoms with van der Waals surface area (Å²) in [5.41, 5.74) is 1.23. The molecule has 1 aliphatic heterocycles. The Morgan fingerprint density at radius 1 is 1.03 bits per heavy atom. The van der Waals surface area contributed by atoms with E-state index < -0.39 is 5.97 Å². The molecule has 3 fully saturated rings. The van der Waals surface area contributed by atoms with Crippen molar-refractivity contribution in [3.8, 4) is 5.75 Å². The number of amides is 2. The zero-order valence-electron chi connectivity index (χ0n) is 17.1. The van der Waals surface area contributed by atoms with Gasteiger partial charge in [-0.3, -0.25) is 14.5 Å². The summed E-state index contributed by atoms with van der Waals surface area (Å²) in [6.07, 6.45) is 6.40. The predicted octanol–water partition coefficient (Wildman–Crippen LogP) is 3.33. The summed E-state index contributed by atoms with van der Waals surface area (Å²) >= 11 is 0. The first kappa shape index (κ1) is 18.6. The van der Waals surface area contributed by atoms with E-state index in [9.17, 15) is 14.4 Å². The topological polar surface area (TPSA) is 63.7 Å². The van der Waals surface area contributed by atoms with Crippen molar-refractivity contribution in [2.24, 2.45) is 35.5 Å². The highest BCUT2D eigenvalue weighted by atomic mass is 16.5. The van der Waals surface area contributed by atoms with Crippen molar-refractivity contribution in [1.82, 2.24) is 4.90 Å². The van der Waals surface area contributed by atoms with Gasteiger partial charge in [-0.15, -0.1) is 0 Å². The van der Waals surface area contributed by atoms with E-state index >= 15 is 0 Å². The summed E-state index contributed by atoms with van der Waals surface area (Å²) in [4.78, 5) is 39.5. The number of benzene rings is 1. The SMILES string of the molecule is CCC(C)(C)c1ccc(OC(=O)CN2C(=O)[C@H]3[C@@H]4C=C[C@H]([C@H]5C[C@H]45)[C@@H]3C2=O)cc1. The fraction of sp³-hybridized carbons (Fsp3) is 0.542. The molecule has 0 unspecified atom stereocenters. The molecule has 2 bridgehead atoms. The largest absolute Gasteiger partial charge is 0.425 e. The van der Waals surface area contributed by atoms with Gasteiger partial charge in [-0.25, -0.2) is 4.79 Å². The fourth-order valence-electron chi connectivity index (χ4n) is 5.65. The molecule has 2 saturated carbocycles. The van der Waals surface area contributed by atoms with Gasteiger partial charge in [0, 0.05) is 0 Å². The third-order valence-electron chi connectivity index (χ3n) is 7.79. The maximum absolute atomic E-state index is 12.9. The van der Waals surface area contributed by atoms with Crippen LogP contribution >= 0.6 is 0 Å². The molecule has 0 spiro atoms. The molecule has 6 rings (SSSR count). The van der Waals surface area contributed by atoms with E-state index in [1.165, 1.54) is 5.56 Å². The normalized spacial score (nSPS) is 34.2. The Hall–Kier alpha value is -2.43. The Bertz CT molecular complexity index is 879. The molecule has 1 saturated heterocycles. The summed E-state index contributed by atoms with van der Waals surface area (Å²) in [7, 11) is 0. The minimum absolute atomic E-state index is 0.0569. The van der Waals surface area contributed by atoms with E-state index in [0.717, 1.165) is 17.7 Å². The van der Waals surface area contributed by atoms with Gasteiger partial charge >= 0.3 is 5.97 Å². The van der Waals surface area contributed by atoms with E-state index in [1.54, 1.807) is 12.1 Å². The summed E-state index contributed by atoms with van der Waals surface area (Å²) in [6, 6.07) is 7.47. The molecule has 2 amide bonds. The van der Waals surface area contributed by atoms with Crippen LogP contribution in [0.25, 0.3) is 0 Å². The number of rotatable bonds is 5. The van der Waals surface area contributed by atoms with Crippen molar-refractivity contribution in [2.45, 2.75) is 39.0 Å². The molecule has 0 aromatic heterocycles. The minimum atomic E-state index is -0.571. The van der Waals surface area contributed by atoms with Crippen LogP contribution in [0.1, 0.15) is 39.2 Å². The smallest absolute Gasteiger partial charge is 0.331 e. The molecule has 4 aliphatic carbocycles. The van der Waals surface area contributed by atoms with Crippen LogP contribution in [0.4, 0.5) is 0 Å². The Morgan fingerprint density at radius 3 is 2.10 bits per heavy atom. The van der Waals surface area contributed by atoms with Crippen LogP contribution < -0.4 is 4.74 Å². The second kappa shape index (κ2) is 6.28. The first-order valence-corrected chi connectivity index (χ1v) is 10.7. The highest BCUT2D eigenvalue weighted by molar-refractivity contribution is 6.08. The lowest BCUT2D eigenvalue weighted by atomic mass is 9.63. The van der Waals surface area contributed by atoms with Crippen LogP contribution in [-0.4, -0.2) is 29.2 Å². The molecule has 0 N–H and O–H groups in total. The molecule has 5 aliphatic rings. The standard InChI is InChI=1S/C24H27NO4/c1-4-24(2,3)13-5-7-14(8-6-13)29-19(26)12-25-22(27)20-15-9-10-16(18-11-17(15)18)21(20)23(25)28/h5-10,15-18,20-21H,4,11-12H2,1-3H3/t15-,16-,17-,18-,20+,21+/m1/s1. The Balaban J connectivity index is 1.26. The maximum Gasteiger partial charge on any atom is 0.331 e. The van der Waals surface area contributed by atoms with Crippen LogP contribution in [0.2, 0.25) is 0 Å². The lowest BCUT2D eigenvalue weighted by molar-refractivity contribution is -0.148. The molecule has 5 nitrogen and oxygen atoms in total. The van der Waals surface area contributed by atoms with Crippen molar-refractivity contribution in [1.29, 1.82) is 0 Å². The number of nitrogens with zero attached hydrogens (tertiary/aromatic N) is 1. The van der Waals surface area contributed by atoms with Gasteiger partial charge in [0.1, 0.15) is 12.3 Å². The van der Waals surface area contributed by atoms with E-state index in [2.05, 4.69) is 32.9 Å². The van der Waals surface area contributed by atoms with Gasteiger partial charge in [0.15, 0.2) is 0 Å². The number of ether oxygens (including phenoxy) is 1. The van der Waals surface area contributed by atoms with Gasteiger partial charge in [-0.1, -0.05) is 45.1 Å². The molecule has 5 heteroatoms. The van der Waals surface area contributed by atoms with Gasteiger partial charge < -0.3 is 4.74 Å². The number of allylic oxidation sites excluding steroid dienone is 2. The lowest BCUT2D eigenvalue weighted by Gasteiger charge is -2.37. The van der Waals surface area contributed by atoms with Crippen LogP contribution in [0, 0.1) is 35.5 Å². The average Bonchev–Trinajstić information content (AvgIpc) is 3.49. The highest BCUT2D eigenvalue weighted by Crippen LogP contribution is 2.65. The quantitative estimate of drug-likeness (QED) is 0.333. The van der Waals surface area contributed by atoms with Crippen LogP contribution in [-0.2, 0) is 19.8 Å². The van der Waals surface area contributed by atoms with Crippen LogP contribution in [0.3, 0.4) is 0 Å². The fourth-order valence-corrected chi connectivity index (χ4v) is 5.65. The van der Waals surface area contributed by atoms with Gasteiger partial charge in [0.05, 0.1) is 11.8 Å². The predicted molar refractivity (Wildman–Crippen MR) is 107 cm³/mol. The Kier molecular flexibility index (Phi) is 4.03. The van der Waals surface area contributed by atoms with Crippen LogP contribution in [0.5, 0.6) is 5.75 Å². The van der Waals surface area contributed by atoms with Crippen molar-refractivity contribution >= 4 is 17.8 Å². The van der Waals surface area contributed by atoms with Crippen molar-refractivity contribution < 1.29 is 19.1 Å². The molecular formula is C24H27NO4.